The number of hydrogen-bond acceptors (Lipinski definition) is 6. The molecule has 0 saturated carbocycles. The largest absolute Gasteiger partial charge is 0.507 e. The normalized spacial score (nSPS) is 27.8. The number of aliphatic hydroxyl groups is 1. The lowest BCUT2D eigenvalue weighted by molar-refractivity contribution is -0.0552. The van der Waals surface area contributed by atoms with E-state index in [0.717, 1.165) is 12.1 Å². The summed E-state index contributed by atoms with van der Waals surface area (Å²) in [4.78, 5) is 10.9. The summed E-state index contributed by atoms with van der Waals surface area (Å²) < 4.78 is 32.4. The monoisotopic (exact) mass is 357 g/mol. The molecule has 0 spiro atoms. The molecule has 2 aliphatic heterocycles. The molecule has 1 aromatic rings. The van der Waals surface area contributed by atoms with Gasteiger partial charge in [0, 0.05) is 25.1 Å². The molecule has 24 heavy (non-hydrogen) atoms. The number of nitrogens with zero attached hydrogens (tertiary/aromatic N) is 1. The number of hydrogen-bond donors (Lipinski definition) is 3. The van der Waals surface area contributed by atoms with Crippen LogP contribution in [0.15, 0.2) is 23.1 Å². The van der Waals surface area contributed by atoms with Gasteiger partial charge in [-0.2, -0.15) is 4.31 Å². The van der Waals surface area contributed by atoms with Gasteiger partial charge in [-0.3, -0.25) is 0 Å². The maximum atomic E-state index is 12.9. The Hall–Kier alpha value is -1.68. The van der Waals surface area contributed by atoms with Crippen molar-refractivity contribution in [1.82, 2.24) is 4.31 Å². The van der Waals surface area contributed by atoms with Crippen molar-refractivity contribution >= 4 is 16.0 Å². The van der Waals surface area contributed by atoms with E-state index in [9.17, 15) is 23.4 Å². The summed E-state index contributed by atoms with van der Waals surface area (Å²) in [6.07, 6.45) is 0.669. The highest BCUT2D eigenvalue weighted by Crippen LogP contribution is 2.43. The molecule has 2 saturated heterocycles. The number of ether oxygens (including phenoxy) is 1. The van der Waals surface area contributed by atoms with Crippen molar-refractivity contribution in [2.24, 2.45) is 11.3 Å². The number of aliphatic hydroxyl groups excluding tert-OH is 1. The van der Waals surface area contributed by atoms with E-state index in [-0.39, 0.29) is 30.5 Å². The van der Waals surface area contributed by atoms with Crippen LogP contribution in [0.25, 0.3) is 0 Å². The first kappa shape index (κ1) is 17.2. The molecule has 3 rings (SSSR count). The molecule has 2 fully saturated rings. The molecule has 8 nitrogen and oxygen atoms in total. The van der Waals surface area contributed by atoms with E-state index in [4.69, 9.17) is 9.84 Å². The Morgan fingerprint density at radius 3 is 2.79 bits per heavy atom. The van der Waals surface area contributed by atoms with Crippen LogP contribution in [0.5, 0.6) is 5.75 Å². The second-order valence-corrected chi connectivity index (χ2v) is 8.28. The van der Waals surface area contributed by atoms with E-state index < -0.39 is 32.7 Å². The van der Waals surface area contributed by atoms with Gasteiger partial charge in [-0.25, -0.2) is 13.2 Å². The summed E-state index contributed by atoms with van der Waals surface area (Å²) in [5, 5.41) is 28.3. The highest BCUT2D eigenvalue weighted by molar-refractivity contribution is 7.89. The highest BCUT2D eigenvalue weighted by Gasteiger charge is 2.51. The summed E-state index contributed by atoms with van der Waals surface area (Å²) >= 11 is 0. The van der Waals surface area contributed by atoms with Crippen molar-refractivity contribution in [3.63, 3.8) is 0 Å². The van der Waals surface area contributed by atoms with Crippen LogP contribution in [0, 0.1) is 11.3 Å². The van der Waals surface area contributed by atoms with E-state index in [0.29, 0.717) is 19.6 Å². The third-order valence-corrected chi connectivity index (χ3v) is 6.74. The van der Waals surface area contributed by atoms with Gasteiger partial charge in [0.15, 0.2) is 0 Å². The number of carboxylic acid groups (broad SMARTS) is 1. The fraction of sp³-hybridized carbons (Fsp3) is 0.533. The number of sulfonamides is 1. The maximum absolute atomic E-state index is 12.9. The first-order valence-electron chi connectivity index (χ1n) is 7.55. The minimum Gasteiger partial charge on any atom is -0.507 e. The minimum absolute atomic E-state index is 0.00193. The molecule has 132 valence electrons. The van der Waals surface area contributed by atoms with Gasteiger partial charge in [0.1, 0.15) is 11.3 Å². The lowest BCUT2D eigenvalue weighted by atomic mass is 9.76. The SMILES string of the molecule is O=C(O)c1cc(S(=O)(=O)N2C[C@@H]3CCOC[C@]3(CO)C2)ccc1O. The van der Waals surface area contributed by atoms with Gasteiger partial charge in [-0.15, -0.1) is 0 Å². The number of phenols is 1. The first-order chi connectivity index (χ1) is 11.3. The van der Waals surface area contributed by atoms with Crippen LogP contribution in [-0.2, 0) is 14.8 Å². The van der Waals surface area contributed by atoms with Crippen molar-refractivity contribution in [3.05, 3.63) is 23.8 Å². The molecule has 2 atom stereocenters. The summed E-state index contributed by atoms with van der Waals surface area (Å²) in [5.41, 5.74) is -1.08. The number of fused-ring (bicyclic) bond motifs is 1. The number of aromatic hydroxyl groups is 1. The number of rotatable bonds is 4. The van der Waals surface area contributed by atoms with Crippen molar-refractivity contribution in [1.29, 1.82) is 0 Å². The molecular weight excluding hydrogens is 338 g/mol. The highest BCUT2D eigenvalue weighted by atomic mass is 32.2. The van der Waals surface area contributed by atoms with E-state index >= 15 is 0 Å². The van der Waals surface area contributed by atoms with E-state index in [1.807, 2.05) is 0 Å². The average Bonchev–Trinajstić information content (AvgIpc) is 2.95. The molecule has 0 amide bonds. The summed E-state index contributed by atoms with van der Waals surface area (Å²) in [5.74, 6) is -1.89. The topological polar surface area (TPSA) is 124 Å². The van der Waals surface area contributed by atoms with Crippen LogP contribution in [0.2, 0.25) is 0 Å². The molecule has 0 aliphatic carbocycles. The Bertz CT molecular complexity index is 763. The predicted molar refractivity (Wildman–Crippen MR) is 82.3 cm³/mol. The molecule has 2 aliphatic rings. The zero-order valence-corrected chi connectivity index (χ0v) is 13.7. The van der Waals surface area contributed by atoms with E-state index in [1.54, 1.807) is 0 Å². The molecule has 0 unspecified atom stereocenters. The summed E-state index contributed by atoms with van der Waals surface area (Å²) in [7, 11) is -3.93. The number of benzene rings is 1. The number of carboxylic acids is 1. The van der Waals surface area contributed by atoms with Crippen molar-refractivity contribution in [2.75, 3.05) is 32.9 Å². The van der Waals surface area contributed by atoms with Gasteiger partial charge in [0.2, 0.25) is 10.0 Å². The third-order valence-electron chi connectivity index (χ3n) is 4.93. The first-order valence-corrected chi connectivity index (χ1v) is 8.99. The predicted octanol–water partition coefficient (Wildman–Crippen LogP) is 0.110. The van der Waals surface area contributed by atoms with E-state index in [1.165, 1.54) is 10.4 Å². The van der Waals surface area contributed by atoms with Gasteiger partial charge >= 0.3 is 5.97 Å². The van der Waals surface area contributed by atoms with Gasteiger partial charge < -0.3 is 20.1 Å². The molecule has 1 aromatic carbocycles. The molecule has 3 N–H and O–H groups in total. The smallest absolute Gasteiger partial charge is 0.339 e. The standard InChI is InChI=1S/C15H19NO7S/c17-8-15-7-16(6-10(15)3-4-23-9-15)24(21,22)11-1-2-13(18)12(5-11)14(19)20/h1-2,5,10,17-18H,3-4,6-9H2,(H,19,20)/t10-,15+/m0/s1. The van der Waals surface area contributed by atoms with Crippen LogP contribution >= 0.6 is 0 Å². The van der Waals surface area contributed by atoms with E-state index in [2.05, 4.69) is 0 Å². The lowest BCUT2D eigenvalue weighted by Gasteiger charge is -2.36. The van der Waals surface area contributed by atoms with Gasteiger partial charge in [-0.05, 0) is 30.5 Å². The van der Waals surface area contributed by atoms with Crippen molar-refractivity contribution < 1.29 is 33.3 Å². The molecule has 9 heteroatoms. The fourth-order valence-electron chi connectivity index (χ4n) is 3.45. The Kier molecular flexibility index (Phi) is 4.28. The Balaban J connectivity index is 1.94. The Morgan fingerprint density at radius 2 is 2.17 bits per heavy atom. The third kappa shape index (κ3) is 2.67. The van der Waals surface area contributed by atoms with Gasteiger partial charge in [0.25, 0.3) is 0 Å². The summed E-state index contributed by atoms with van der Waals surface area (Å²) in [6.45, 7) is 1.05. The number of carbonyl (C=O) groups is 1. The molecule has 2 heterocycles. The van der Waals surface area contributed by atoms with Crippen LogP contribution in [0.3, 0.4) is 0 Å². The van der Waals surface area contributed by atoms with Crippen molar-refractivity contribution in [3.8, 4) is 5.75 Å². The molecule has 0 aromatic heterocycles. The van der Waals surface area contributed by atoms with Crippen LogP contribution < -0.4 is 0 Å². The zero-order chi connectivity index (χ0) is 17.5. The minimum atomic E-state index is -3.93. The molecule has 0 bridgehead atoms. The fourth-order valence-corrected chi connectivity index (χ4v) is 5.06. The van der Waals surface area contributed by atoms with Crippen LogP contribution in [-0.4, -0.2) is 66.9 Å². The second-order valence-electron chi connectivity index (χ2n) is 6.34. The van der Waals surface area contributed by atoms with Crippen molar-refractivity contribution in [2.45, 2.75) is 11.3 Å². The van der Waals surface area contributed by atoms with Gasteiger partial charge in [0.05, 0.1) is 18.1 Å². The Morgan fingerprint density at radius 1 is 1.42 bits per heavy atom. The second kappa shape index (κ2) is 5.99. The van der Waals surface area contributed by atoms with Crippen LogP contribution in [0.4, 0.5) is 0 Å². The molecular formula is C15H19NO7S. The Labute approximate surface area is 139 Å². The maximum Gasteiger partial charge on any atom is 0.339 e. The molecule has 0 radical (unpaired) electrons. The zero-order valence-electron chi connectivity index (χ0n) is 12.9. The quantitative estimate of drug-likeness (QED) is 0.698. The van der Waals surface area contributed by atoms with Gasteiger partial charge in [-0.1, -0.05) is 0 Å². The summed E-state index contributed by atoms with van der Waals surface area (Å²) in [6, 6.07) is 3.20. The van der Waals surface area contributed by atoms with Crippen LogP contribution in [0.1, 0.15) is 16.8 Å². The average molecular weight is 357 g/mol. The number of aromatic carboxylic acids is 1. The lowest BCUT2D eigenvalue weighted by Crippen LogP contribution is -2.43.